The van der Waals surface area contributed by atoms with E-state index in [2.05, 4.69) is 6.92 Å². The molecule has 4 nitrogen and oxygen atoms in total. The Kier molecular flexibility index (Phi) is 17.7. The Balaban J connectivity index is 1.87. The number of ether oxygens (including phenoxy) is 1. The number of ketones is 1. The highest BCUT2D eigenvalue weighted by Gasteiger charge is 2.14. The molecule has 0 unspecified atom stereocenters. The topological polar surface area (TPSA) is 63.6 Å². The Morgan fingerprint density at radius 1 is 0.750 bits per heavy atom. The molecular formula is C28H46O4. The van der Waals surface area contributed by atoms with Crippen LogP contribution in [0.5, 0.6) is 0 Å². The van der Waals surface area contributed by atoms with E-state index in [1.807, 2.05) is 6.07 Å². The molecule has 0 amide bonds. The van der Waals surface area contributed by atoms with Gasteiger partial charge in [-0.05, 0) is 18.6 Å². The summed E-state index contributed by atoms with van der Waals surface area (Å²) < 4.78 is 5.08. The van der Waals surface area contributed by atoms with Crippen LogP contribution in [-0.4, -0.2) is 29.6 Å². The molecule has 32 heavy (non-hydrogen) atoms. The van der Waals surface area contributed by atoms with Gasteiger partial charge in [0.15, 0.2) is 0 Å². The van der Waals surface area contributed by atoms with Crippen LogP contribution in [0.3, 0.4) is 0 Å². The summed E-state index contributed by atoms with van der Waals surface area (Å²) >= 11 is 0. The summed E-state index contributed by atoms with van der Waals surface area (Å²) in [5.41, 5.74) is 0.448. The monoisotopic (exact) mass is 446 g/mol. The van der Waals surface area contributed by atoms with Gasteiger partial charge < -0.3 is 9.84 Å². The van der Waals surface area contributed by atoms with Crippen LogP contribution in [0.2, 0.25) is 0 Å². The molecule has 182 valence electrons. The van der Waals surface area contributed by atoms with Gasteiger partial charge in [-0.15, -0.1) is 0 Å². The van der Waals surface area contributed by atoms with Crippen LogP contribution >= 0.6 is 0 Å². The van der Waals surface area contributed by atoms with Crippen molar-refractivity contribution in [3.63, 3.8) is 0 Å². The van der Waals surface area contributed by atoms with Crippen LogP contribution in [0.1, 0.15) is 126 Å². The molecule has 0 saturated heterocycles. The van der Waals surface area contributed by atoms with E-state index in [9.17, 15) is 14.7 Å². The molecule has 1 N–H and O–H groups in total. The van der Waals surface area contributed by atoms with Gasteiger partial charge in [-0.2, -0.15) is 0 Å². The summed E-state index contributed by atoms with van der Waals surface area (Å²) in [6.07, 6.45) is 19.2. The molecule has 0 aliphatic rings. The Labute approximate surface area is 196 Å². The van der Waals surface area contributed by atoms with Gasteiger partial charge in [0, 0.05) is 12.8 Å². The number of esters is 1. The first-order chi connectivity index (χ1) is 15.6. The van der Waals surface area contributed by atoms with Crippen LogP contribution in [0, 0.1) is 0 Å². The van der Waals surface area contributed by atoms with Crippen molar-refractivity contribution in [2.24, 2.45) is 0 Å². The number of rotatable bonds is 21. The lowest BCUT2D eigenvalue weighted by molar-refractivity contribution is -0.121. The van der Waals surface area contributed by atoms with Gasteiger partial charge in [0.2, 0.25) is 0 Å². The van der Waals surface area contributed by atoms with Crippen LogP contribution in [0.15, 0.2) is 30.3 Å². The molecule has 4 heteroatoms. The van der Waals surface area contributed by atoms with E-state index >= 15 is 0 Å². The number of Topliss-reactive ketones (excluding diaryl/α,β-unsaturated/α-hetero) is 1. The normalized spacial score (nSPS) is 11.9. The molecule has 1 aromatic carbocycles. The van der Waals surface area contributed by atoms with Gasteiger partial charge in [0.1, 0.15) is 12.4 Å². The minimum atomic E-state index is -0.925. The van der Waals surface area contributed by atoms with Crippen molar-refractivity contribution in [2.75, 3.05) is 6.61 Å². The Bertz CT molecular complexity index is 584. The first-order valence-electron chi connectivity index (χ1n) is 13.1. The summed E-state index contributed by atoms with van der Waals surface area (Å²) in [5.74, 6) is -0.428. The summed E-state index contributed by atoms with van der Waals surface area (Å²) in [6, 6.07) is 8.66. The predicted octanol–water partition coefficient (Wildman–Crippen LogP) is 7.43. The van der Waals surface area contributed by atoms with Gasteiger partial charge >= 0.3 is 5.97 Å². The van der Waals surface area contributed by atoms with E-state index in [1.165, 1.54) is 83.5 Å². The Hall–Kier alpha value is -1.68. The third-order valence-electron chi connectivity index (χ3n) is 5.94. The van der Waals surface area contributed by atoms with E-state index in [-0.39, 0.29) is 18.8 Å². The molecular weight excluding hydrogens is 400 g/mol. The minimum Gasteiger partial charge on any atom is -0.459 e. The third kappa shape index (κ3) is 16.0. The molecule has 0 radical (unpaired) electrons. The molecule has 1 atom stereocenters. The SMILES string of the molecule is CCCCCCCCCCCCCCCCCC(=O)C[C@@H](O)COC(=O)c1ccccc1. The number of carbonyl (C=O) groups is 2. The summed E-state index contributed by atoms with van der Waals surface area (Å²) in [7, 11) is 0. The number of unbranched alkanes of at least 4 members (excludes halogenated alkanes) is 14. The van der Waals surface area contributed by atoms with Crippen molar-refractivity contribution in [3.8, 4) is 0 Å². The molecule has 1 rings (SSSR count). The van der Waals surface area contributed by atoms with Crippen LogP contribution in [0.4, 0.5) is 0 Å². The summed E-state index contributed by atoms with van der Waals surface area (Å²) in [5, 5.41) is 9.94. The molecule has 0 heterocycles. The fourth-order valence-corrected chi connectivity index (χ4v) is 3.95. The number of benzene rings is 1. The average Bonchev–Trinajstić information content (AvgIpc) is 2.80. The van der Waals surface area contributed by atoms with Gasteiger partial charge in [0.05, 0.1) is 11.7 Å². The van der Waals surface area contributed by atoms with Crippen molar-refractivity contribution in [2.45, 2.75) is 122 Å². The Morgan fingerprint density at radius 2 is 1.22 bits per heavy atom. The van der Waals surface area contributed by atoms with Crippen LogP contribution in [-0.2, 0) is 9.53 Å². The molecule has 0 aliphatic heterocycles. The molecule has 0 spiro atoms. The molecule has 1 aromatic rings. The van der Waals surface area contributed by atoms with Crippen molar-refractivity contribution in [1.29, 1.82) is 0 Å². The first-order valence-corrected chi connectivity index (χ1v) is 13.1. The zero-order valence-corrected chi connectivity index (χ0v) is 20.4. The lowest BCUT2D eigenvalue weighted by atomic mass is 10.0. The van der Waals surface area contributed by atoms with Crippen molar-refractivity contribution < 1.29 is 19.4 Å². The second-order valence-electron chi connectivity index (χ2n) is 9.06. The maximum absolute atomic E-state index is 12.0. The minimum absolute atomic E-state index is 0.0444. The van der Waals surface area contributed by atoms with Gasteiger partial charge in [-0.1, -0.05) is 115 Å². The number of aliphatic hydroxyl groups excluding tert-OH is 1. The molecule has 0 aromatic heterocycles. The van der Waals surface area contributed by atoms with E-state index in [0.29, 0.717) is 12.0 Å². The predicted molar refractivity (Wildman–Crippen MR) is 132 cm³/mol. The van der Waals surface area contributed by atoms with Crippen molar-refractivity contribution >= 4 is 11.8 Å². The fraction of sp³-hybridized carbons (Fsp3) is 0.714. The van der Waals surface area contributed by atoms with Crippen LogP contribution < -0.4 is 0 Å². The van der Waals surface area contributed by atoms with Gasteiger partial charge in [-0.25, -0.2) is 4.79 Å². The van der Waals surface area contributed by atoms with Gasteiger partial charge in [-0.3, -0.25) is 4.79 Å². The smallest absolute Gasteiger partial charge is 0.338 e. The zero-order valence-electron chi connectivity index (χ0n) is 20.4. The number of aliphatic hydroxyl groups is 1. The lowest BCUT2D eigenvalue weighted by Crippen LogP contribution is -2.22. The molecule has 0 fully saturated rings. The second-order valence-corrected chi connectivity index (χ2v) is 9.06. The maximum atomic E-state index is 12.0. The Morgan fingerprint density at radius 3 is 1.72 bits per heavy atom. The van der Waals surface area contributed by atoms with E-state index < -0.39 is 12.1 Å². The standard InChI is InChI=1S/C28H46O4/c1-2-3-4-5-6-7-8-9-10-11-12-13-14-15-19-22-26(29)23-27(30)24-32-28(31)25-20-17-16-18-21-25/h16-18,20-21,27,30H,2-15,19,22-24H2,1H3/t27-/m1/s1. The molecule has 0 bridgehead atoms. The average molecular weight is 447 g/mol. The number of hydrogen-bond acceptors (Lipinski definition) is 4. The lowest BCUT2D eigenvalue weighted by Gasteiger charge is -2.11. The van der Waals surface area contributed by atoms with Gasteiger partial charge in [0.25, 0.3) is 0 Å². The second kappa shape index (κ2) is 20.0. The zero-order chi connectivity index (χ0) is 23.3. The highest BCUT2D eigenvalue weighted by atomic mass is 16.5. The summed E-state index contributed by atoms with van der Waals surface area (Å²) in [6.45, 7) is 2.13. The highest BCUT2D eigenvalue weighted by molar-refractivity contribution is 5.89. The largest absolute Gasteiger partial charge is 0.459 e. The van der Waals surface area contributed by atoms with Crippen LogP contribution in [0.25, 0.3) is 0 Å². The number of carbonyl (C=O) groups excluding carboxylic acids is 2. The quantitative estimate of drug-likeness (QED) is 0.158. The van der Waals surface area contributed by atoms with Crippen molar-refractivity contribution in [1.82, 2.24) is 0 Å². The number of hydrogen-bond donors (Lipinski definition) is 1. The third-order valence-corrected chi connectivity index (χ3v) is 5.94. The maximum Gasteiger partial charge on any atom is 0.338 e. The molecule has 0 saturated carbocycles. The van der Waals surface area contributed by atoms with E-state index in [0.717, 1.165) is 12.8 Å². The highest BCUT2D eigenvalue weighted by Crippen LogP contribution is 2.14. The fourth-order valence-electron chi connectivity index (χ4n) is 3.95. The molecule has 0 aliphatic carbocycles. The first kappa shape index (κ1) is 28.4. The van der Waals surface area contributed by atoms with E-state index in [1.54, 1.807) is 24.3 Å². The summed E-state index contributed by atoms with van der Waals surface area (Å²) in [4.78, 5) is 23.8. The van der Waals surface area contributed by atoms with Crippen molar-refractivity contribution in [3.05, 3.63) is 35.9 Å². The van der Waals surface area contributed by atoms with E-state index in [4.69, 9.17) is 4.74 Å².